The van der Waals surface area contributed by atoms with Crippen molar-refractivity contribution in [2.24, 2.45) is 5.92 Å². The standard InChI is InChI=1S/C12H18N4O2S.C2HF3O2/c1-8(2)3-16-9-4-15(12-14-13-7-19-12)5-10(9)18-6-11(16)17;3-2(4,5)1(6)7/h7-10H,3-6H2,1-2H3;(H,6,7)/t9-,10-;/m1./s1. The van der Waals surface area contributed by atoms with Crippen molar-refractivity contribution >= 4 is 28.3 Å². The summed E-state index contributed by atoms with van der Waals surface area (Å²) in [5.41, 5.74) is 1.73. The van der Waals surface area contributed by atoms with E-state index in [1.54, 1.807) is 5.51 Å². The lowest BCUT2D eigenvalue weighted by Gasteiger charge is -2.37. The Morgan fingerprint density at radius 1 is 1.46 bits per heavy atom. The number of nitrogens with zero attached hydrogens (tertiary/aromatic N) is 4. The van der Waals surface area contributed by atoms with Gasteiger partial charge in [-0.1, -0.05) is 25.2 Å². The lowest BCUT2D eigenvalue weighted by molar-refractivity contribution is -0.192. The number of carboxylic acid groups (broad SMARTS) is 1. The molecule has 2 aliphatic rings. The van der Waals surface area contributed by atoms with Crippen molar-refractivity contribution in [3.05, 3.63) is 5.51 Å². The van der Waals surface area contributed by atoms with Crippen molar-refractivity contribution < 1.29 is 32.6 Å². The second-order valence-corrected chi connectivity index (χ2v) is 7.10. The molecule has 2 saturated heterocycles. The molecule has 3 heterocycles. The summed E-state index contributed by atoms with van der Waals surface area (Å²) in [6.45, 7) is 6.86. The van der Waals surface area contributed by atoms with Gasteiger partial charge in [-0.15, -0.1) is 10.2 Å². The molecule has 0 aliphatic carbocycles. The van der Waals surface area contributed by atoms with Crippen LogP contribution in [0.5, 0.6) is 0 Å². The van der Waals surface area contributed by atoms with Gasteiger partial charge in [0.15, 0.2) is 0 Å². The Kier molecular flexibility index (Phi) is 6.39. The number of carbonyl (C=O) groups excluding carboxylic acids is 1. The lowest BCUT2D eigenvalue weighted by atomic mass is 10.1. The van der Waals surface area contributed by atoms with Crippen molar-refractivity contribution in [2.45, 2.75) is 32.2 Å². The van der Waals surface area contributed by atoms with Gasteiger partial charge in [-0.05, 0) is 5.92 Å². The van der Waals surface area contributed by atoms with E-state index in [2.05, 4.69) is 28.9 Å². The number of aliphatic carboxylic acids is 1. The molecule has 12 heteroatoms. The third kappa shape index (κ3) is 5.04. The number of hydrogen-bond donors (Lipinski definition) is 1. The Balaban J connectivity index is 0.000000298. The van der Waals surface area contributed by atoms with Gasteiger partial charge in [0.2, 0.25) is 11.0 Å². The quantitative estimate of drug-likeness (QED) is 0.821. The summed E-state index contributed by atoms with van der Waals surface area (Å²) >= 11 is 1.53. The molecule has 3 rings (SSSR count). The van der Waals surface area contributed by atoms with Crippen LogP contribution in [0.1, 0.15) is 13.8 Å². The van der Waals surface area contributed by atoms with Crippen molar-refractivity contribution in [1.29, 1.82) is 0 Å². The first-order valence-corrected chi connectivity index (χ1v) is 8.69. The van der Waals surface area contributed by atoms with E-state index in [0.29, 0.717) is 5.92 Å². The molecule has 146 valence electrons. The van der Waals surface area contributed by atoms with E-state index in [1.165, 1.54) is 11.3 Å². The number of halogens is 3. The van der Waals surface area contributed by atoms with E-state index < -0.39 is 12.1 Å². The summed E-state index contributed by atoms with van der Waals surface area (Å²) < 4.78 is 37.4. The van der Waals surface area contributed by atoms with Gasteiger partial charge in [0, 0.05) is 19.6 Å². The molecular weight excluding hydrogens is 377 g/mol. The van der Waals surface area contributed by atoms with E-state index in [-0.39, 0.29) is 24.7 Å². The molecule has 2 aliphatic heterocycles. The summed E-state index contributed by atoms with van der Waals surface area (Å²) in [5, 5.41) is 16.0. The summed E-state index contributed by atoms with van der Waals surface area (Å²) in [5.74, 6) is -2.18. The molecule has 0 aromatic carbocycles. The first-order chi connectivity index (χ1) is 12.1. The first-order valence-electron chi connectivity index (χ1n) is 7.82. The number of amides is 1. The monoisotopic (exact) mass is 396 g/mol. The average Bonchev–Trinajstić information content (AvgIpc) is 3.18. The highest BCUT2D eigenvalue weighted by atomic mass is 32.1. The highest BCUT2D eigenvalue weighted by Crippen LogP contribution is 2.28. The van der Waals surface area contributed by atoms with Gasteiger partial charge in [0.25, 0.3) is 0 Å². The highest BCUT2D eigenvalue weighted by Gasteiger charge is 2.44. The molecule has 8 nitrogen and oxygen atoms in total. The summed E-state index contributed by atoms with van der Waals surface area (Å²) in [4.78, 5) is 25.1. The molecule has 26 heavy (non-hydrogen) atoms. The zero-order chi connectivity index (χ0) is 19.5. The number of carboxylic acids is 1. The van der Waals surface area contributed by atoms with Crippen LogP contribution in [0, 0.1) is 5.92 Å². The van der Waals surface area contributed by atoms with Crippen molar-refractivity contribution in [2.75, 3.05) is 31.1 Å². The van der Waals surface area contributed by atoms with Crippen LogP contribution in [0.4, 0.5) is 18.3 Å². The molecule has 2 fully saturated rings. The Bertz CT molecular complexity index is 626. The first kappa shape index (κ1) is 20.4. The molecule has 0 radical (unpaired) electrons. The minimum absolute atomic E-state index is 0.0975. The van der Waals surface area contributed by atoms with Gasteiger partial charge in [-0.25, -0.2) is 4.79 Å². The number of ether oxygens (including phenoxy) is 1. The number of morpholine rings is 1. The molecule has 1 aromatic heterocycles. The lowest BCUT2D eigenvalue weighted by Crippen LogP contribution is -2.55. The maximum Gasteiger partial charge on any atom is 0.490 e. The topological polar surface area (TPSA) is 95.9 Å². The number of rotatable bonds is 3. The predicted molar refractivity (Wildman–Crippen MR) is 85.9 cm³/mol. The molecule has 0 bridgehead atoms. The van der Waals surface area contributed by atoms with E-state index >= 15 is 0 Å². The Hall–Kier alpha value is -1.95. The van der Waals surface area contributed by atoms with E-state index in [4.69, 9.17) is 14.6 Å². The maximum atomic E-state index is 12.0. The number of alkyl halides is 3. The number of fused-ring (bicyclic) bond motifs is 1. The zero-order valence-electron chi connectivity index (χ0n) is 14.1. The second kappa shape index (κ2) is 8.16. The molecule has 0 unspecified atom stereocenters. The Morgan fingerprint density at radius 3 is 2.62 bits per heavy atom. The van der Waals surface area contributed by atoms with Crippen LogP contribution < -0.4 is 4.90 Å². The van der Waals surface area contributed by atoms with E-state index in [0.717, 1.165) is 24.8 Å². The average molecular weight is 396 g/mol. The normalized spacial score (nSPS) is 22.9. The van der Waals surface area contributed by atoms with Crippen LogP contribution in [0.15, 0.2) is 5.51 Å². The zero-order valence-corrected chi connectivity index (χ0v) is 15.0. The molecule has 0 spiro atoms. The van der Waals surface area contributed by atoms with Gasteiger partial charge >= 0.3 is 12.1 Å². The Morgan fingerprint density at radius 2 is 2.12 bits per heavy atom. The van der Waals surface area contributed by atoms with E-state index in [1.807, 2.05) is 4.90 Å². The third-order valence-corrected chi connectivity index (χ3v) is 4.55. The summed E-state index contributed by atoms with van der Waals surface area (Å²) in [7, 11) is 0. The summed E-state index contributed by atoms with van der Waals surface area (Å²) in [6.07, 6.45) is -4.99. The van der Waals surface area contributed by atoms with Gasteiger partial charge in [-0.3, -0.25) is 4.79 Å². The van der Waals surface area contributed by atoms with Crippen molar-refractivity contribution in [1.82, 2.24) is 15.1 Å². The largest absolute Gasteiger partial charge is 0.490 e. The predicted octanol–water partition coefficient (Wildman–Crippen LogP) is 1.24. The SMILES string of the molecule is CC(C)CN1C(=O)CO[C@@H]2CN(c3nncs3)C[C@H]21.O=C(O)C(F)(F)F. The number of carbonyl (C=O) groups is 2. The number of anilines is 1. The molecule has 1 N–H and O–H groups in total. The van der Waals surface area contributed by atoms with Crippen LogP contribution >= 0.6 is 11.3 Å². The molecule has 1 amide bonds. The summed E-state index contributed by atoms with van der Waals surface area (Å²) in [6, 6.07) is 0.146. The number of aromatic nitrogens is 2. The molecule has 1 aromatic rings. The third-order valence-electron chi connectivity index (χ3n) is 3.80. The fourth-order valence-corrected chi connectivity index (χ4v) is 3.34. The van der Waals surface area contributed by atoms with Crippen molar-refractivity contribution in [3.63, 3.8) is 0 Å². The van der Waals surface area contributed by atoms with Crippen LogP contribution in [-0.4, -0.2) is 76.6 Å². The van der Waals surface area contributed by atoms with E-state index in [9.17, 15) is 18.0 Å². The fourth-order valence-electron chi connectivity index (χ4n) is 2.76. The second-order valence-electron chi connectivity index (χ2n) is 6.29. The van der Waals surface area contributed by atoms with Crippen LogP contribution in [0.3, 0.4) is 0 Å². The number of hydrogen-bond acceptors (Lipinski definition) is 7. The minimum Gasteiger partial charge on any atom is -0.475 e. The Labute approximate surface area is 151 Å². The van der Waals surface area contributed by atoms with Crippen LogP contribution in [0.2, 0.25) is 0 Å². The van der Waals surface area contributed by atoms with Crippen LogP contribution in [-0.2, 0) is 14.3 Å². The van der Waals surface area contributed by atoms with Gasteiger partial charge in [-0.2, -0.15) is 13.2 Å². The fraction of sp³-hybridized carbons (Fsp3) is 0.714. The van der Waals surface area contributed by atoms with Gasteiger partial charge in [0.1, 0.15) is 12.1 Å². The van der Waals surface area contributed by atoms with Gasteiger partial charge in [0.05, 0.1) is 12.1 Å². The van der Waals surface area contributed by atoms with Crippen molar-refractivity contribution in [3.8, 4) is 0 Å². The smallest absolute Gasteiger partial charge is 0.475 e. The molecular formula is C14H19F3N4O4S. The van der Waals surface area contributed by atoms with Gasteiger partial charge < -0.3 is 19.6 Å². The molecule has 2 atom stereocenters. The van der Waals surface area contributed by atoms with Crippen LogP contribution in [0.25, 0.3) is 0 Å². The molecule has 0 saturated carbocycles. The minimum atomic E-state index is -5.08. The maximum absolute atomic E-state index is 12.0. The highest BCUT2D eigenvalue weighted by molar-refractivity contribution is 7.13.